The molecule has 0 aromatic heterocycles. The molecular formula is C14H19ClO4S. The minimum Gasteiger partial charge on any atom is -0.464 e. The average molecular weight is 319 g/mol. The normalized spacial score (nSPS) is 13.2. The highest BCUT2D eigenvalue weighted by molar-refractivity contribution is 7.91. The Kier molecular flexibility index (Phi) is 6.49. The van der Waals surface area contributed by atoms with Crippen LogP contribution in [0.1, 0.15) is 13.8 Å². The molecule has 0 saturated carbocycles. The minimum atomic E-state index is -3.38. The van der Waals surface area contributed by atoms with E-state index in [1.54, 1.807) is 30.3 Å². The molecule has 112 valence electrons. The standard InChI is InChI=1S/C14H19ClO4S/c1-11(2)12(9-19-14(16)8-15)10-20(17,18)13-6-4-3-5-7-13/h3-7,11-12H,8-10H2,1-2H3/t12-/m0/s1. The molecule has 0 saturated heterocycles. The molecule has 0 N–H and O–H groups in total. The predicted molar refractivity (Wildman–Crippen MR) is 78.5 cm³/mol. The Hall–Kier alpha value is -1.07. The van der Waals surface area contributed by atoms with Crippen molar-refractivity contribution in [2.45, 2.75) is 18.7 Å². The topological polar surface area (TPSA) is 60.4 Å². The molecule has 0 aliphatic heterocycles. The van der Waals surface area contributed by atoms with Crippen molar-refractivity contribution < 1.29 is 17.9 Å². The average Bonchev–Trinajstić information content (AvgIpc) is 2.43. The van der Waals surface area contributed by atoms with Crippen LogP contribution >= 0.6 is 11.6 Å². The zero-order valence-corrected chi connectivity index (χ0v) is 13.2. The molecule has 0 radical (unpaired) electrons. The van der Waals surface area contributed by atoms with Crippen molar-refractivity contribution in [2.24, 2.45) is 11.8 Å². The van der Waals surface area contributed by atoms with Gasteiger partial charge in [0.15, 0.2) is 9.84 Å². The molecule has 20 heavy (non-hydrogen) atoms. The van der Waals surface area contributed by atoms with Crippen LogP contribution in [0.2, 0.25) is 0 Å². The Bertz CT molecular complexity index is 525. The van der Waals surface area contributed by atoms with E-state index in [1.807, 2.05) is 13.8 Å². The van der Waals surface area contributed by atoms with Crippen molar-refractivity contribution in [1.29, 1.82) is 0 Å². The Morgan fingerprint density at radius 1 is 1.25 bits per heavy atom. The lowest BCUT2D eigenvalue weighted by atomic mass is 9.99. The van der Waals surface area contributed by atoms with Crippen LogP contribution in [0.25, 0.3) is 0 Å². The van der Waals surface area contributed by atoms with Crippen LogP contribution in [-0.4, -0.2) is 32.6 Å². The first kappa shape index (κ1) is 17.0. The molecular weight excluding hydrogens is 300 g/mol. The number of rotatable bonds is 7. The van der Waals surface area contributed by atoms with E-state index >= 15 is 0 Å². The van der Waals surface area contributed by atoms with Crippen LogP contribution in [0.5, 0.6) is 0 Å². The largest absolute Gasteiger partial charge is 0.464 e. The number of alkyl halides is 1. The van der Waals surface area contributed by atoms with E-state index in [4.69, 9.17) is 16.3 Å². The third kappa shape index (κ3) is 5.13. The summed E-state index contributed by atoms with van der Waals surface area (Å²) < 4.78 is 29.6. The first-order chi connectivity index (χ1) is 9.36. The third-order valence-electron chi connectivity index (χ3n) is 3.05. The number of carbonyl (C=O) groups is 1. The molecule has 0 fully saturated rings. The SMILES string of the molecule is CC(C)[C@@H](COC(=O)CCl)CS(=O)(=O)c1ccccc1. The van der Waals surface area contributed by atoms with Gasteiger partial charge in [-0.15, -0.1) is 11.6 Å². The van der Waals surface area contributed by atoms with Crippen LogP contribution < -0.4 is 0 Å². The second kappa shape index (κ2) is 7.64. The number of carbonyl (C=O) groups excluding carboxylic acids is 1. The quantitative estimate of drug-likeness (QED) is 0.572. The summed E-state index contributed by atoms with van der Waals surface area (Å²) in [5.41, 5.74) is 0. The Morgan fingerprint density at radius 2 is 1.85 bits per heavy atom. The van der Waals surface area contributed by atoms with Gasteiger partial charge >= 0.3 is 5.97 Å². The van der Waals surface area contributed by atoms with Crippen molar-refractivity contribution in [2.75, 3.05) is 18.2 Å². The van der Waals surface area contributed by atoms with Gasteiger partial charge in [0.05, 0.1) is 17.3 Å². The molecule has 0 unspecified atom stereocenters. The number of ether oxygens (including phenoxy) is 1. The molecule has 4 nitrogen and oxygen atoms in total. The number of halogens is 1. The van der Waals surface area contributed by atoms with E-state index in [1.165, 1.54) is 0 Å². The van der Waals surface area contributed by atoms with Crippen LogP contribution in [0.4, 0.5) is 0 Å². The first-order valence-corrected chi connectivity index (χ1v) is 8.55. The lowest BCUT2D eigenvalue weighted by Gasteiger charge is -2.20. The maximum Gasteiger partial charge on any atom is 0.320 e. The summed E-state index contributed by atoms with van der Waals surface area (Å²) in [5.74, 6) is -0.987. The number of sulfone groups is 1. The van der Waals surface area contributed by atoms with E-state index in [2.05, 4.69) is 0 Å². The van der Waals surface area contributed by atoms with Gasteiger partial charge < -0.3 is 4.74 Å². The van der Waals surface area contributed by atoms with Gasteiger partial charge in [-0.3, -0.25) is 4.79 Å². The maximum absolute atomic E-state index is 12.3. The summed E-state index contributed by atoms with van der Waals surface area (Å²) in [6.45, 7) is 3.87. The summed E-state index contributed by atoms with van der Waals surface area (Å²) in [4.78, 5) is 11.4. The number of benzene rings is 1. The zero-order valence-electron chi connectivity index (χ0n) is 11.6. The number of hydrogen-bond acceptors (Lipinski definition) is 4. The highest BCUT2D eigenvalue weighted by Crippen LogP contribution is 2.19. The van der Waals surface area contributed by atoms with E-state index < -0.39 is 15.8 Å². The molecule has 1 aromatic rings. The Morgan fingerprint density at radius 3 is 2.35 bits per heavy atom. The summed E-state index contributed by atoms with van der Waals surface area (Å²) in [6, 6.07) is 8.27. The Labute approximate surface area is 125 Å². The van der Waals surface area contributed by atoms with Gasteiger partial charge in [-0.1, -0.05) is 32.0 Å². The van der Waals surface area contributed by atoms with Crippen LogP contribution in [-0.2, 0) is 19.4 Å². The molecule has 0 aliphatic rings. The molecule has 0 aliphatic carbocycles. The van der Waals surface area contributed by atoms with Gasteiger partial charge in [0.1, 0.15) is 5.88 Å². The van der Waals surface area contributed by atoms with Crippen LogP contribution in [0, 0.1) is 11.8 Å². The molecule has 0 spiro atoms. The van der Waals surface area contributed by atoms with Gasteiger partial charge in [-0.05, 0) is 18.1 Å². The lowest BCUT2D eigenvalue weighted by molar-refractivity contribution is -0.142. The van der Waals surface area contributed by atoms with Gasteiger partial charge in [0.25, 0.3) is 0 Å². The molecule has 0 bridgehead atoms. The highest BCUT2D eigenvalue weighted by Gasteiger charge is 2.24. The zero-order chi connectivity index (χ0) is 15.2. The second-order valence-electron chi connectivity index (χ2n) is 4.92. The molecule has 0 heterocycles. The van der Waals surface area contributed by atoms with E-state index in [-0.39, 0.29) is 35.0 Å². The van der Waals surface area contributed by atoms with Crippen LogP contribution in [0.15, 0.2) is 35.2 Å². The van der Waals surface area contributed by atoms with Crippen molar-refractivity contribution in [3.63, 3.8) is 0 Å². The van der Waals surface area contributed by atoms with Crippen molar-refractivity contribution in [3.8, 4) is 0 Å². The molecule has 1 aromatic carbocycles. The minimum absolute atomic E-state index is 0.0513. The first-order valence-electron chi connectivity index (χ1n) is 6.36. The fourth-order valence-electron chi connectivity index (χ4n) is 1.68. The Balaban J connectivity index is 2.77. The second-order valence-corrected chi connectivity index (χ2v) is 7.22. The van der Waals surface area contributed by atoms with E-state index in [0.29, 0.717) is 0 Å². The smallest absolute Gasteiger partial charge is 0.320 e. The number of esters is 1. The summed E-state index contributed by atoms with van der Waals surface area (Å²) in [6.07, 6.45) is 0. The summed E-state index contributed by atoms with van der Waals surface area (Å²) >= 11 is 5.35. The molecule has 1 atom stereocenters. The fourth-order valence-corrected chi connectivity index (χ4v) is 3.56. The van der Waals surface area contributed by atoms with E-state index in [0.717, 1.165) is 0 Å². The lowest BCUT2D eigenvalue weighted by Crippen LogP contribution is -2.27. The maximum atomic E-state index is 12.3. The monoisotopic (exact) mass is 318 g/mol. The third-order valence-corrected chi connectivity index (χ3v) is 5.12. The van der Waals surface area contributed by atoms with Crippen LogP contribution in [0.3, 0.4) is 0 Å². The summed E-state index contributed by atoms with van der Waals surface area (Å²) in [5, 5.41) is 0. The van der Waals surface area contributed by atoms with E-state index in [9.17, 15) is 13.2 Å². The summed E-state index contributed by atoms with van der Waals surface area (Å²) in [7, 11) is -3.38. The number of hydrogen-bond donors (Lipinski definition) is 0. The predicted octanol–water partition coefficient (Wildman–Crippen LogP) is 2.51. The molecule has 6 heteroatoms. The molecule has 0 amide bonds. The van der Waals surface area contributed by atoms with Crippen molar-refractivity contribution >= 4 is 27.4 Å². The van der Waals surface area contributed by atoms with Gasteiger partial charge in [0, 0.05) is 5.92 Å². The highest BCUT2D eigenvalue weighted by atomic mass is 35.5. The van der Waals surface area contributed by atoms with Gasteiger partial charge in [0.2, 0.25) is 0 Å². The van der Waals surface area contributed by atoms with Gasteiger partial charge in [-0.2, -0.15) is 0 Å². The van der Waals surface area contributed by atoms with Crippen molar-refractivity contribution in [1.82, 2.24) is 0 Å². The molecule has 1 rings (SSSR count). The van der Waals surface area contributed by atoms with Gasteiger partial charge in [-0.25, -0.2) is 8.42 Å². The fraction of sp³-hybridized carbons (Fsp3) is 0.500. The van der Waals surface area contributed by atoms with Crippen molar-refractivity contribution in [3.05, 3.63) is 30.3 Å².